The molecule has 1 fully saturated rings. The smallest absolute Gasteiger partial charge is 0.252 e. The number of amides is 1. The lowest BCUT2D eigenvalue weighted by Gasteiger charge is -2.19. The average Bonchev–Trinajstić information content (AvgIpc) is 3.09. The van der Waals surface area contributed by atoms with E-state index in [1.54, 1.807) is 11.3 Å². The number of hydrogen-bond acceptors (Lipinski definition) is 2. The van der Waals surface area contributed by atoms with Crippen molar-refractivity contribution >= 4 is 17.2 Å². The molecule has 1 aromatic heterocycles. The van der Waals surface area contributed by atoms with Crippen LogP contribution < -0.4 is 5.32 Å². The first kappa shape index (κ1) is 12.2. The molecule has 1 heterocycles. The Hall–Kier alpha value is -0.830. The molecule has 2 nitrogen and oxygen atoms in total. The SMILES string of the molecule is CC1CCc2c(C(=O)NC(C)C3CC3)csc2C1. The monoisotopic (exact) mass is 263 g/mol. The van der Waals surface area contributed by atoms with E-state index in [4.69, 9.17) is 0 Å². The topological polar surface area (TPSA) is 29.1 Å². The number of rotatable bonds is 3. The maximum absolute atomic E-state index is 12.3. The van der Waals surface area contributed by atoms with Crippen molar-refractivity contribution in [3.63, 3.8) is 0 Å². The fourth-order valence-electron chi connectivity index (χ4n) is 2.87. The van der Waals surface area contributed by atoms with Gasteiger partial charge in [0.25, 0.3) is 5.91 Å². The second-order valence-corrected chi connectivity index (χ2v) is 6.96. The highest BCUT2D eigenvalue weighted by atomic mass is 32.1. The Bertz CT molecular complexity index is 461. The van der Waals surface area contributed by atoms with E-state index >= 15 is 0 Å². The van der Waals surface area contributed by atoms with Crippen LogP contribution in [0.2, 0.25) is 0 Å². The average molecular weight is 263 g/mol. The van der Waals surface area contributed by atoms with Crippen molar-refractivity contribution in [1.82, 2.24) is 5.32 Å². The van der Waals surface area contributed by atoms with E-state index in [-0.39, 0.29) is 5.91 Å². The molecule has 3 heteroatoms. The molecule has 1 amide bonds. The fourth-order valence-corrected chi connectivity index (χ4v) is 4.11. The van der Waals surface area contributed by atoms with Crippen LogP contribution >= 0.6 is 11.3 Å². The highest BCUT2D eigenvalue weighted by Gasteiger charge is 2.30. The highest BCUT2D eigenvalue weighted by Crippen LogP contribution is 2.34. The zero-order chi connectivity index (χ0) is 12.7. The molecule has 1 saturated carbocycles. The van der Waals surface area contributed by atoms with Gasteiger partial charge >= 0.3 is 0 Å². The standard InChI is InChI=1S/C15H21NOS/c1-9-3-6-12-13(8-18-14(12)7-9)15(17)16-10(2)11-4-5-11/h8-11H,3-7H2,1-2H3,(H,16,17). The first-order valence-electron chi connectivity index (χ1n) is 7.05. The van der Waals surface area contributed by atoms with Crippen molar-refractivity contribution in [1.29, 1.82) is 0 Å². The van der Waals surface area contributed by atoms with Gasteiger partial charge in [0.1, 0.15) is 0 Å². The quantitative estimate of drug-likeness (QED) is 0.889. The van der Waals surface area contributed by atoms with Crippen LogP contribution in [0, 0.1) is 11.8 Å². The van der Waals surface area contributed by atoms with Crippen LogP contribution in [-0.4, -0.2) is 11.9 Å². The van der Waals surface area contributed by atoms with Crippen molar-refractivity contribution in [3.05, 3.63) is 21.4 Å². The van der Waals surface area contributed by atoms with E-state index in [0.29, 0.717) is 6.04 Å². The summed E-state index contributed by atoms with van der Waals surface area (Å²) >= 11 is 1.77. The van der Waals surface area contributed by atoms with E-state index in [1.165, 1.54) is 29.7 Å². The minimum absolute atomic E-state index is 0.154. The van der Waals surface area contributed by atoms with Crippen molar-refractivity contribution in [2.24, 2.45) is 11.8 Å². The van der Waals surface area contributed by atoms with Crippen molar-refractivity contribution in [2.45, 2.75) is 52.0 Å². The molecule has 2 atom stereocenters. The van der Waals surface area contributed by atoms with Crippen molar-refractivity contribution in [3.8, 4) is 0 Å². The van der Waals surface area contributed by atoms with Gasteiger partial charge in [-0.2, -0.15) is 0 Å². The lowest BCUT2D eigenvalue weighted by Crippen LogP contribution is -2.34. The van der Waals surface area contributed by atoms with Crippen LogP contribution in [0.15, 0.2) is 5.38 Å². The van der Waals surface area contributed by atoms with Gasteiger partial charge in [-0.05, 0) is 56.4 Å². The molecule has 18 heavy (non-hydrogen) atoms. The second-order valence-electron chi connectivity index (χ2n) is 6.00. The molecule has 3 rings (SSSR count). The summed E-state index contributed by atoms with van der Waals surface area (Å²) in [7, 11) is 0. The van der Waals surface area contributed by atoms with E-state index in [1.807, 2.05) is 0 Å². The third-order valence-electron chi connectivity index (χ3n) is 4.33. The van der Waals surface area contributed by atoms with Crippen LogP contribution in [-0.2, 0) is 12.8 Å². The molecule has 0 aromatic carbocycles. The van der Waals surface area contributed by atoms with Gasteiger partial charge in [0.2, 0.25) is 0 Å². The Morgan fingerprint density at radius 2 is 2.22 bits per heavy atom. The third kappa shape index (κ3) is 2.33. The Morgan fingerprint density at radius 3 is 2.94 bits per heavy atom. The predicted octanol–water partition coefficient (Wildman–Crippen LogP) is 3.40. The summed E-state index contributed by atoms with van der Waals surface area (Å²) in [4.78, 5) is 13.7. The van der Waals surface area contributed by atoms with E-state index in [2.05, 4.69) is 24.5 Å². The Balaban J connectivity index is 1.73. The first-order chi connectivity index (χ1) is 8.65. The second kappa shape index (κ2) is 4.69. The lowest BCUT2D eigenvalue weighted by molar-refractivity contribution is 0.0935. The molecule has 2 aliphatic rings. The number of fused-ring (bicyclic) bond motifs is 1. The van der Waals surface area contributed by atoms with Gasteiger partial charge in [-0.15, -0.1) is 11.3 Å². The normalized spacial score (nSPS) is 24.4. The molecule has 1 aromatic rings. The van der Waals surface area contributed by atoms with Gasteiger partial charge in [0.05, 0.1) is 5.56 Å². The summed E-state index contributed by atoms with van der Waals surface area (Å²) in [6.45, 7) is 4.44. The number of carbonyl (C=O) groups is 1. The molecule has 0 radical (unpaired) electrons. The molecule has 0 aliphatic heterocycles. The van der Waals surface area contributed by atoms with Gasteiger partial charge in [-0.1, -0.05) is 6.92 Å². The minimum atomic E-state index is 0.154. The Kier molecular flexibility index (Phi) is 3.18. The Labute approximate surface area is 113 Å². The lowest BCUT2D eigenvalue weighted by atomic mass is 9.88. The van der Waals surface area contributed by atoms with E-state index in [9.17, 15) is 4.79 Å². The number of carbonyl (C=O) groups excluding carboxylic acids is 1. The molecule has 2 aliphatic carbocycles. The van der Waals surface area contributed by atoms with Crippen LogP contribution in [0.3, 0.4) is 0 Å². The highest BCUT2D eigenvalue weighted by molar-refractivity contribution is 7.10. The maximum Gasteiger partial charge on any atom is 0.252 e. The molecule has 0 spiro atoms. The van der Waals surface area contributed by atoms with Gasteiger partial charge in [-0.25, -0.2) is 0 Å². The molecule has 98 valence electrons. The van der Waals surface area contributed by atoms with Crippen molar-refractivity contribution < 1.29 is 4.79 Å². The zero-order valence-electron chi connectivity index (χ0n) is 11.2. The van der Waals surface area contributed by atoms with Crippen LogP contribution in [0.25, 0.3) is 0 Å². The fraction of sp³-hybridized carbons (Fsp3) is 0.667. The van der Waals surface area contributed by atoms with Gasteiger partial charge in [-0.3, -0.25) is 4.79 Å². The van der Waals surface area contributed by atoms with Crippen LogP contribution in [0.1, 0.15) is 53.9 Å². The third-order valence-corrected chi connectivity index (χ3v) is 5.39. The molecular weight excluding hydrogens is 242 g/mol. The van der Waals surface area contributed by atoms with Gasteiger partial charge < -0.3 is 5.32 Å². The van der Waals surface area contributed by atoms with Gasteiger partial charge in [0.15, 0.2) is 0 Å². The largest absolute Gasteiger partial charge is 0.349 e. The zero-order valence-corrected chi connectivity index (χ0v) is 12.0. The van der Waals surface area contributed by atoms with Crippen LogP contribution in [0.4, 0.5) is 0 Å². The summed E-state index contributed by atoms with van der Waals surface area (Å²) < 4.78 is 0. The maximum atomic E-state index is 12.3. The predicted molar refractivity (Wildman–Crippen MR) is 75.2 cm³/mol. The summed E-state index contributed by atoms with van der Waals surface area (Å²) in [6.07, 6.45) is 6.02. The molecule has 2 unspecified atom stereocenters. The molecule has 0 bridgehead atoms. The summed E-state index contributed by atoms with van der Waals surface area (Å²) in [6, 6.07) is 0.343. The first-order valence-corrected chi connectivity index (χ1v) is 7.93. The molecule has 0 saturated heterocycles. The van der Waals surface area contributed by atoms with Crippen molar-refractivity contribution in [2.75, 3.05) is 0 Å². The Morgan fingerprint density at radius 1 is 1.44 bits per heavy atom. The number of hydrogen-bond donors (Lipinski definition) is 1. The molecule has 1 N–H and O–H groups in total. The minimum Gasteiger partial charge on any atom is -0.349 e. The number of nitrogens with one attached hydrogen (secondary N) is 1. The number of thiophene rings is 1. The van der Waals surface area contributed by atoms with E-state index in [0.717, 1.165) is 30.2 Å². The van der Waals surface area contributed by atoms with Gasteiger partial charge in [0, 0.05) is 16.3 Å². The van der Waals surface area contributed by atoms with E-state index < -0.39 is 0 Å². The molecular formula is C15H21NOS. The summed E-state index contributed by atoms with van der Waals surface area (Å²) in [5, 5.41) is 5.24. The van der Waals surface area contributed by atoms with Crippen LogP contribution in [0.5, 0.6) is 0 Å². The summed E-state index contributed by atoms with van der Waals surface area (Å²) in [5.41, 5.74) is 2.29. The summed E-state index contributed by atoms with van der Waals surface area (Å²) in [5.74, 6) is 1.65.